The van der Waals surface area contributed by atoms with Crippen molar-refractivity contribution in [3.05, 3.63) is 63.6 Å². The third-order valence-electron chi connectivity index (χ3n) is 4.78. The van der Waals surface area contributed by atoms with E-state index in [0.717, 1.165) is 16.9 Å². The van der Waals surface area contributed by atoms with Crippen molar-refractivity contribution in [2.45, 2.75) is 26.3 Å². The molecule has 0 bridgehead atoms. The van der Waals surface area contributed by atoms with Gasteiger partial charge in [-0.15, -0.1) is 0 Å². The monoisotopic (exact) mass is 333 g/mol. The molecule has 0 radical (unpaired) electrons. The van der Waals surface area contributed by atoms with Crippen LogP contribution in [0.3, 0.4) is 0 Å². The Hall–Kier alpha value is -2.21. The highest BCUT2D eigenvalue weighted by atomic mass is 19.3. The molecule has 0 saturated carbocycles. The summed E-state index contributed by atoms with van der Waals surface area (Å²) in [6, 6.07) is 9.49. The highest BCUT2D eigenvalue weighted by Gasteiger charge is 2.22. The van der Waals surface area contributed by atoms with E-state index in [1.807, 2.05) is 49.0 Å². The summed E-state index contributed by atoms with van der Waals surface area (Å²) in [7, 11) is 1.86. The first kappa shape index (κ1) is 16.6. The number of halogens is 2. The van der Waals surface area contributed by atoms with Gasteiger partial charge in [0.2, 0.25) is 0 Å². The maximum absolute atomic E-state index is 12.8. The molecule has 6 heteroatoms. The molecular weight excluding hydrogens is 312 g/mol. The number of piperidine rings is 1. The van der Waals surface area contributed by atoms with Crippen molar-refractivity contribution in [3.63, 3.8) is 0 Å². The number of aromatic nitrogens is 2. The lowest BCUT2D eigenvalue weighted by Gasteiger charge is -2.27. The number of hydrogen-bond acceptors (Lipinski definition) is 2. The Bertz CT molecular complexity index is 807. The summed E-state index contributed by atoms with van der Waals surface area (Å²) in [5.74, 6) is 0. The predicted molar refractivity (Wildman–Crippen MR) is 89.5 cm³/mol. The summed E-state index contributed by atoms with van der Waals surface area (Å²) >= 11 is 0. The molecule has 0 atom stereocenters. The van der Waals surface area contributed by atoms with Gasteiger partial charge in [-0.25, -0.2) is 4.68 Å². The molecule has 2 heterocycles. The highest BCUT2D eigenvalue weighted by molar-refractivity contribution is 5.33. The fraction of sp³-hybridized carbons (Fsp3) is 0.389. The van der Waals surface area contributed by atoms with E-state index in [0.29, 0.717) is 32.5 Å². The van der Waals surface area contributed by atoms with Gasteiger partial charge in [-0.1, -0.05) is 18.2 Å². The van der Waals surface area contributed by atoms with Gasteiger partial charge >= 0.3 is 0 Å². The molecular formula is C18H21F2N3O. The van der Waals surface area contributed by atoms with E-state index < -0.39 is 6.08 Å². The molecule has 0 aliphatic carbocycles. The molecule has 4 nitrogen and oxygen atoms in total. The molecule has 3 rings (SSSR count). The van der Waals surface area contributed by atoms with Gasteiger partial charge in [0.15, 0.2) is 0 Å². The summed E-state index contributed by atoms with van der Waals surface area (Å²) < 4.78 is 28.8. The van der Waals surface area contributed by atoms with Gasteiger partial charge < -0.3 is 0 Å². The van der Waals surface area contributed by atoms with Crippen LogP contribution in [0.1, 0.15) is 24.1 Å². The third kappa shape index (κ3) is 3.06. The minimum absolute atomic E-state index is 0.0424. The zero-order valence-electron chi connectivity index (χ0n) is 13.9. The molecule has 0 amide bonds. The van der Waals surface area contributed by atoms with Crippen molar-refractivity contribution in [3.8, 4) is 5.69 Å². The first-order chi connectivity index (χ1) is 11.5. The Kier molecular flexibility index (Phi) is 4.66. The van der Waals surface area contributed by atoms with Crippen LogP contribution in [0.15, 0.2) is 46.8 Å². The maximum Gasteiger partial charge on any atom is 0.276 e. The average molecular weight is 333 g/mol. The molecule has 0 N–H and O–H groups in total. The molecule has 1 aliphatic rings. The molecule has 1 aliphatic heterocycles. The number of benzene rings is 1. The minimum Gasteiger partial charge on any atom is -0.298 e. The standard InChI is InChI=1S/C18H21F2N3O/c1-13-16(12-22-10-8-14(9-11-22)17(19)20)18(24)23(21(13)2)15-6-4-3-5-7-15/h3-7H,8-12H2,1-2H3. The van der Waals surface area contributed by atoms with Crippen molar-refractivity contribution in [2.24, 2.45) is 7.05 Å². The van der Waals surface area contributed by atoms with E-state index in [-0.39, 0.29) is 11.1 Å². The second kappa shape index (κ2) is 6.73. The van der Waals surface area contributed by atoms with Gasteiger partial charge in [0.1, 0.15) is 0 Å². The molecule has 0 unspecified atom stereocenters. The van der Waals surface area contributed by atoms with Crippen LogP contribution < -0.4 is 5.56 Å². The van der Waals surface area contributed by atoms with Crippen LogP contribution in [0, 0.1) is 6.92 Å². The highest BCUT2D eigenvalue weighted by Crippen LogP contribution is 2.23. The number of rotatable bonds is 3. The lowest BCUT2D eigenvalue weighted by Crippen LogP contribution is -2.32. The zero-order chi connectivity index (χ0) is 17.3. The normalized spacial score (nSPS) is 15.8. The summed E-state index contributed by atoms with van der Waals surface area (Å²) in [6.45, 7) is 3.55. The van der Waals surface area contributed by atoms with Crippen molar-refractivity contribution in [1.82, 2.24) is 14.3 Å². The van der Waals surface area contributed by atoms with E-state index in [4.69, 9.17) is 0 Å². The Balaban J connectivity index is 1.86. The topological polar surface area (TPSA) is 30.2 Å². The van der Waals surface area contributed by atoms with Crippen molar-refractivity contribution >= 4 is 0 Å². The average Bonchev–Trinajstić information content (AvgIpc) is 2.80. The van der Waals surface area contributed by atoms with Crippen molar-refractivity contribution in [1.29, 1.82) is 0 Å². The van der Waals surface area contributed by atoms with Crippen LogP contribution >= 0.6 is 0 Å². The first-order valence-electron chi connectivity index (χ1n) is 8.07. The third-order valence-corrected chi connectivity index (χ3v) is 4.78. The van der Waals surface area contributed by atoms with Gasteiger partial charge in [-0.3, -0.25) is 14.4 Å². The fourth-order valence-electron chi connectivity index (χ4n) is 3.20. The molecule has 24 heavy (non-hydrogen) atoms. The summed E-state index contributed by atoms with van der Waals surface area (Å²) in [5.41, 5.74) is 2.66. The van der Waals surface area contributed by atoms with Gasteiger partial charge in [0, 0.05) is 32.4 Å². The van der Waals surface area contributed by atoms with E-state index in [1.54, 1.807) is 4.68 Å². The zero-order valence-corrected chi connectivity index (χ0v) is 13.9. The van der Waals surface area contributed by atoms with Crippen LogP contribution in [0.25, 0.3) is 5.69 Å². The van der Waals surface area contributed by atoms with Crippen molar-refractivity contribution < 1.29 is 8.78 Å². The molecule has 0 spiro atoms. The molecule has 1 fully saturated rings. The fourth-order valence-corrected chi connectivity index (χ4v) is 3.20. The van der Waals surface area contributed by atoms with Crippen LogP contribution in [0.4, 0.5) is 8.78 Å². The Morgan fingerprint density at radius 3 is 2.33 bits per heavy atom. The van der Waals surface area contributed by atoms with Crippen LogP contribution in [-0.2, 0) is 13.6 Å². The summed E-state index contributed by atoms with van der Waals surface area (Å²) in [4.78, 5) is 14.9. The van der Waals surface area contributed by atoms with Gasteiger partial charge in [0.25, 0.3) is 11.6 Å². The van der Waals surface area contributed by atoms with E-state index in [9.17, 15) is 13.6 Å². The number of nitrogens with zero attached hydrogens (tertiary/aromatic N) is 3. The van der Waals surface area contributed by atoms with Crippen LogP contribution in [0.2, 0.25) is 0 Å². The SMILES string of the molecule is Cc1c(CN2CCC(=C(F)F)CC2)c(=O)n(-c2ccccc2)n1C. The molecule has 2 aromatic rings. The number of likely N-dealkylation sites (tertiary alicyclic amines) is 1. The number of hydrogen-bond donors (Lipinski definition) is 0. The second-order valence-corrected chi connectivity index (χ2v) is 6.18. The van der Waals surface area contributed by atoms with Crippen molar-refractivity contribution in [2.75, 3.05) is 13.1 Å². The maximum atomic E-state index is 12.8. The molecule has 1 aromatic heterocycles. The van der Waals surface area contributed by atoms with E-state index in [2.05, 4.69) is 4.90 Å². The van der Waals surface area contributed by atoms with Gasteiger partial charge in [0.05, 0.1) is 11.3 Å². The second-order valence-electron chi connectivity index (χ2n) is 6.18. The lowest BCUT2D eigenvalue weighted by atomic mass is 10.0. The van der Waals surface area contributed by atoms with Crippen LogP contribution in [-0.4, -0.2) is 27.4 Å². The smallest absolute Gasteiger partial charge is 0.276 e. The molecule has 1 aromatic carbocycles. The van der Waals surface area contributed by atoms with Gasteiger partial charge in [-0.2, -0.15) is 8.78 Å². The minimum atomic E-state index is -1.54. The van der Waals surface area contributed by atoms with Crippen LogP contribution in [0.5, 0.6) is 0 Å². The Labute approximate surface area is 139 Å². The Morgan fingerprint density at radius 2 is 1.75 bits per heavy atom. The van der Waals surface area contributed by atoms with E-state index >= 15 is 0 Å². The first-order valence-corrected chi connectivity index (χ1v) is 8.07. The quantitative estimate of drug-likeness (QED) is 0.863. The van der Waals surface area contributed by atoms with Gasteiger partial charge in [-0.05, 0) is 37.5 Å². The number of para-hydroxylation sites is 1. The predicted octanol–water partition coefficient (Wildman–Crippen LogP) is 3.23. The molecule has 1 saturated heterocycles. The Morgan fingerprint density at radius 1 is 1.12 bits per heavy atom. The summed E-state index contributed by atoms with van der Waals surface area (Å²) in [5, 5.41) is 0. The lowest BCUT2D eigenvalue weighted by molar-refractivity contribution is 0.238. The largest absolute Gasteiger partial charge is 0.298 e. The summed E-state index contributed by atoms with van der Waals surface area (Å²) in [6.07, 6.45) is -0.792. The molecule has 128 valence electrons. The van der Waals surface area contributed by atoms with E-state index in [1.165, 1.54) is 0 Å².